The number of primary amides is 1. The van der Waals surface area contributed by atoms with Crippen molar-refractivity contribution in [3.05, 3.63) is 34.8 Å². The van der Waals surface area contributed by atoms with Crippen LogP contribution in [0.15, 0.2) is 24.3 Å². The van der Waals surface area contributed by atoms with Crippen molar-refractivity contribution in [2.24, 2.45) is 5.73 Å². The molecule has 1 amide bonds. The maximum absolute atomic E-state index is 11.2. The maximum atomic E-state index is 11.2. The molecule has 4 N–H and O–H groups in total. The average Bonchev–Trinajstić information content (AvgIpc) is 2.74. The summed E-state index contributed by atoms with van der Waals surface area (Å²) in [5.41, 5.74) is 12.7. The van der Waals surface area contributed by atoms with Crippen molar-refractivity contribution in [3.8, 4) is 0 Å². The van der Waals surface area contributed by atoms with Gasteiger partial charge in [0.1, 0.15) is 5.01 Å². The SMILES string of the molecule is Cc1nnc(N(CC(N)=O)Cc2cccc(N)c2)s1. The monoisotopic (exact) mass is 277 g/mol. The molecule has 1 aromatic carbocycles. The number of aromatic nitrogens is 2. The summed E-state index contributed by atoms with van der Waals surface area (Å²) in [4.78, 5) is 13.0. The molecule has 0 unspecified atom stereocenters. The first-order valence-corrected chi connectivity index (χ1v) is 6.54. The van der Waals surface area contributed by atoms with Crippen molar-refractivity contribution in [3.63, 3.8) is 0 Å². The van der Waals surface area contributed by atoms with Crippen LogP contribution in [0.1, 0.15) is 10.6 Å². The van der Waals surface area contributed by atoms with E-state index in [9.17, 15) is 4.79 Å². The Bertz CT molecular complexity index is 583. The van der Waals surface area contributed by atoms with Crippen LogP contribution in [0.2, 0.25) is 0 Å². The summed E-state index contributed by atoms with van der Waals surface area (Å²) in [7, 11) is 0. The molecule has 1 aromatic heterocycles. The Hall–Kier alpha value is -2.15. The van der Waals surface area contributed by atoms with Crippen LogP contribution in [0, 0.1) is 6.92 Å². The van der Waals surface area contributed by atoms with Gasteiger partial charge in [0.15, 0.2) is 0 Å². The quantitative estimate of drug-likeness (QED) is 0.792. The minimum Gasteiger partial charge on any atom is -0.399 e. The molecule has 0 aliphatic carbocycles. The minimum atomic E-state index is -0.406. The number of amides is 1. The normalized spacial score (nSPS) is 10.4. The molecule has 0 bridgehead atoms. The molecule has 0 radical (unpaired) electrons. The molecule has 2 aromatic rings. The van der Waals surface area contributed by atoms with Gasteiger partial charge in [-0.1, -0.05) is 23.5 Å². The lowest BCUT2D eigenvalue weighted by molar-refractivity contribution is -0.116. The van der Waals surface area contributed by atoms with E-state index in [0.29, 0.717) is 17.4 Å². The molecular formula is C12H15N5OS. The highest BCUT2D eigenvalue weighted by Gasteiger charge is 2.14. The van der Waals surface area contributed by atoms with Gasteiger partial charge in [0, 0.05) is 12.2 Å². The Morgan fingerprint density at radius 1 is 1.42 bits per heavy atom. The Kier molecular flexibility index (Phi) is 3.96. The molecule has 0 aliphatic heterocycles. The summed E-state index contributed by atoms with van der Waals surface area (Å²) < 4.78 is 0. The van der Waals surface area contributed by atoms with E-state index in [4.69, 9.17) is 11.5 Å². The molecule has 6 nitrogen and oxygen atoms in total. The molecule has 100 valence electrons. The topological polar surface area (TPSA) is 98.1 Å². The first kappa shape index (κ1) is 13.3. The number of nitrogens with two attached hydrogens (primary N) is 2. The third-order valence-electron chi connectivity index (χ3n) is 2.46. The van der Waals surface area contributed by atoms with Gasteiger partial charge in [0.2, 0.25) is 11.0 Å². The van der Waals surface area contributed by atoms with Gasteiger partial charge in [-0.3, -0.25) is 4.79 Å². The second kappa shape index (κ2) is 5.66. The lowest BCUT2D eigenvalue weighted by atomic mass is 10.2. The number of aryl methyl sites for hydroxylation is 1. The number of carbonyl (C=O) groups excluding carboxylic acids is 1. The standard InChI is InChI=1S/C12H15N5OS/c1-8-15-16-12(19-8)17(7-11(14)18)6-9-3-2-4-10(13)5-9/h2-5H,6-7,13H2,1H3,(H2,14,18). The molecule has 0 aliphatic rings. The van der Waals surface area contributed by atoms with Crippen LogP contribution in [0.3, 0.4) is 0 Å². The number of hydrogen-bond donors (Lipinski definition) is 2. The Labute approximate surface area is 115 Å². The highest BCUT2D eigenvalue weighted by atomic mass is 32.1. The number of nitrogens with zero attached hydrogens (tertiary/aromatic N) is 3. The molecule has 7 heteroatoms. The van der Waals surface area contributed by atoms with Crippen LogP contribution in [0.4, 0.5) is 10.8 Å². The third kappa shape index (κ3) is 3.65. The van der Waals surface area contributed by atoms with Gasteiger partial charge in [0.05, 0.1) is 6.54 Å². The molecular weight excluding hydrogens is 262 g/mol. The molecule has 1 heterocycles. The van der Waals surface area contributed by atoms with Crippen LogP contribution in [-0.2, 0) is 11.3 Å². The van der Waals surface area contributed by atoms with Gasteiger partial charge < -0.3 is 16.4 Å². The van der Waals surface area contributed by atoms with Gasteiger partial charge in [-0.2, -0.15) is 0 Å². The van der Waals surface area contributed by atoms with E-state index in [-0.39, 0.29) is 6.54 Å². The first-order valence-electron chi connectivity index (χ1n) is 5.72. The van der Waals surface area contributed by atoms with Gasteiger partial charge >= 0.3 is 0 Å². The minimum absolute atomic E-state index is 0.101. The lowest BCUT2D eigenvalue weighted by Crippen LogP contribution is -2.33. The molecule has 0 saturated heterocycles. The van der Waals surface area contributed by atoms with E-state index in [1.807, 2.05) is 31.2 Å². The largest absolute Gasteiger partial charge is 0.399 e. The van der Waals surface area contributed by atoms with Crippen LogP contribution in [0.5, 0.6) is 0 Å². The number of benzene rings is 1. The Morgan fingerprint density at radius 3 is 2.79 bits per heavy atom. The summed E-state index contributed by atoms with van der Waals surface area (Å²) in [6.45, 7) is 2.48. The van der Waals surface area contributed by atoms with Crippen molar-refractivity contribution in [2.75, 3.05) is 17.2 Å². The van der Waals surface area contributed by atoms with E-state index in [0.717, 1.165) is 10.6 Å². The van der Waals surface area contributed by atoms with E-state index in [1.54, 1.807) is 4.90 Å². The van der Waals surface area contributed by atoms with Crippen LogP contribution in [-0.4, -0.2) is 22.6 Å². The zero-order chi connectivity index (χ0) is 13.8. The zero-order valence-corrected chi connectivity index (χ0v) is 11.4. The molecule has 0 spiro atoms. The maximum Gasteiger partial charge on any atom is 0.237 e. The third-order valence-corrected chi connectivity index (χ3v) is 3.36. The number of carbonyl (C=O) groups is 1. The number of nitrogen functional groups attached to an aromatic ring is 1. The van der Waals surface area contributed by atoms with E-state index < -0.39 is 5.91 Å². The number of hydrogen-bond acceptors (Lipinski definition) is 6. The molecule has 0 fully saturated rings. The Balaban J connectivity index is 2.21. The summed E-state index contributed by atoms with van der Waals surface area (Å²) in [5.74, 6) is -0.406. The second-order valence-electron chi connectivity index (χ2n) is 4.17. The van der Waals surface area contributed by atoms with Gasteiger partial charge in [-0.15, -0.1) is 10.2 Å². The zero-order valence-electron chi connectivity index (χ0n) is 10.5. The highest BCUT2D eigenvalue weighted by Crippen LogP contribution is 2.21. The molecule has 0 saturated carbocycles. The smallest absolute Gasteiger partial charge is 0.237 e. The van der Waals surface area contributed by atoms with Crippen molar-refractivity contribution < 1.29 is 4.79 Å². The average molecular weight is 277 g/mol. The van der Waals surface area contributed by atoms with Crippen molar-refractivity contribution in [1.82, 2.24) is 10.2 Å². The summed E-state index contributed by atoms with van der Waals surface area (Å²) in [6.07, 6.45) is 0. The fourth-order valence-electron chi connectivity index (χ4n) is 1.71. The van der Waals surface area contributed by atoms with Crippen molar-refractivity contribution >= 4 is 28.1 Å². The predicted octanol–water partition coefficient (Wildman–Crippen LogP) is 0.921. The van der Waals surface area contributed by atoms with Crippen molar-refractivity contribution in [2.45, 2.75) is 13.5 Å². The Morgan fingerprint density at radius 2 is 2.21 bits per heavy atom. The molecule has 19 heavy (non-hydrogen) atoms. The van der Waals surface area contributed by atoms with Gasteiger partial charge in [-0.05, 0) is 24.6 Å². The van der Waals surface area contributed by atoms with Gasteiger partial charge in [0.25, 0.3) is 0 Å². The van der Waals surface area contributed by atoms with Crippen LogP contribution >= 0.6 is 11.3 Å². The summed E-state index contributed by atoms with van der Waals surface area (Å²) in [6, 6.07) is 7.50. The van der Waals surface area contributed by atoms with E-state index in [1.165, 1.54) is 11.3 Å². The lowest BCUT2D eigenvalue weighted by Gasteiger charge is -2.19. The van der Waals surface area contributed by atoms with Crippen molar-refractivity contribution in [1.29, 1.82) is 0 Å². The number of rotatable bonds is 5. The predicted molar refractivity (Wildman–Crippen MR) is 75.7 cm³/mol. The highest BCUT2D eigenvalue weighted by molar-refractivity contribution is 7.15. The van der Waals surface area contributed by atoms with E-state index in [2.05, 4.69) is 10.2 Å². The van der Waals surface area contributed by atoms with Gasteiger partial charge in [-0.25, -0.2) is 0 Å². The fourth-order valence-corrected chi connectivity index (χ4v) is 2.39. The van der Waals surface area contributed by atoms with Crippen LogP contribution < -0.4 is 16.4 Å². The van der Waals surface area contributed by atoms with E-state index >= 15 is 0 Å². The fraction of sp³-hybridized carbons (Fsp3) is 0.250. The molecule has 0 atom stereocenters. The summed E-state index contributed by atoms with van der Waals surface area (Å²) in [5, 5.41) is 9.52. The van der Waals surface area contributed by atoms with Crippen LogP contribution in [0.25, 0.3) is 0 Å². The first-order chi connectivity index (χ1) is 9.04. The molecule has 2 rings (SSSR count). The second-order valence-corrected chi connectivity index (χ2v) is 5.33. The number of anilines is 2. The summed E-state index contributed by atoms with van der Waals surface area (Å²) >= 11 is 1.43.